The molecule has 3 nitrogen and oxygen atoms in total. The topological polar surface area (TPSA) is 30.7 Å². The van der Waals surface area contributed by atoms with Crippen LogP contribution in [0.5, 0.6) is 0 Å². The Hall–Kier alpha value is -1.64. The third-order valence-corrected chi connectivity index (χ3v) is 4.31. The van der Waals surface area contributed by atoms with Gasteiger partial charge in [-0.05, 0) is 36.8 Å². The fourth-order valence-corrected chi connectivity index (χ4v) is 3.46. The van der Waals surface area contributed by atoms with Gasteiger partial charge in [0.25, 0.3) is 0 Å². The zero-order valence-electron chi connectivity index (χ0n) is 9.66. The number of para-hydroxylation sites is 1. The van der Waals surface area contributed by atoms with Crippen LogP contribution in [0.3, 0.4) is 0 Å². The molecule has 1 aromatic heterocycles. The molecule has 2 atom stereocenters. The van der Waals surface area contributed by atoms with Gasteiger partial charge in [-0.15, -0.1) is 10.2 Å². The van der Waals surface area contributed by atoms with Gasteiger partial charge in [-0.1, -0.05) is 24.6 Å². The summed E-state index contributed by atoms with van der Waals surface area (Å²) in [5.74, 6) is 3.63. The van der Waals surface area contributed by atoms with Gasteiger partial charge in [0, 0.05) is 11.6 Å². The standard InChI is InChI=1S/C14H15N3/c1-2-5-10(6-3-1)17-9-15-16-14(17)13-11-7-4-8-12(11)13/h1-3,5-6,9,11-13H,4,7-8H2. The van der Waals surface area contributed by atoms with E-state index in [1.54, 1.807) is 0 Å². The summed E-state index contributed by atoms with van der Waals surface area (Å²) in [7, 11) is 0. The molecule has 0 spiro atoms. The van der Waals surface area contributed by atoms with E-state index in [4.69, 9.17) is 0 Å². The predicted molar refractivity (Wildman–Crippen MR) is 64.9 cm³/mol. The summed E-state index contributed by atoms with van der Waals surface area (Å²) >= 11 is 0. The third-order valence-electron chi connectivity index (χ3n) is 4.31. The van der Waals surface area contributed by atoms with Gasteiger partial charge in [-0.25, -0.2) is 0 Å². The van der Waals surface area contributed by atoms with Crippen LogP contribution >= 0.6 is 0 Å². The molecule has 0 aliphatic heterocycles. The first-order valence-corrected chi connectivity index (χ1v) is 6.40. The summed E-state index contributed by atoms with van der Waals surface area (Å²) in [6.45, 7) is 0. The average Bonchev–Trinajstić information content (AvgIpc) is 2.80. The van der Waals surface area contributed by atoms with Gasteiger partial charge in [0.05, 0.1) is 0 Å². The molecule has 2 saturated carbocycles. The summed E-state index contributed by atoms with van der Waals surface area (Å²) in [4.78, 5) is 0. The summed E-state index contributed by atoms with van der Waals surface area (Å²) in [5, 5.41) is 8.45. The maximum Gasteiger partial charge on any atom is 0.141 e. The Labute approximate surface area is 100 Å². The van der Waals surface area contributed by atoms with Crippen LogP contribution in [-0.2, 0) is 0 Å². The van der Waals surface area contributed by atoms with E-state index >= 15 is 0 Å². The SMILES string of the molecule is c1ccc(-n2cnnc2C2C3CCCC32)cc1. The highest BCUT2D eigenvalue weighted by molar-refractivity contribution is 5.34. The Kier molecular flexibility index (Phi) is 1.89. The van der Waals surface area contributed by atoms with Crippen LogP contribution < -0.4 is 0 Å². The summed E-state index contributed by atoms with van der Waals surface area (Å²) < 4.78 is 2.16. The van der Waals surface area contributed by atoms with Crippen molar-refractivity contribution in [2.45, 2.75) is 25.2 Å². The van der Waals surface area contributed by atoms with Crippen molar-refractivity contribution in [2.24, 2.45) is 11.8 Å². The van der Waals surface area contributed by atoms with Crippen molar-refractivity contribution in [3.63, 3.8) is 0 Å². The maximum absolute atomic E-state index is 4.35. The van der Waals surface area contributed by atoms with E-state index in [0.717, 1.165) is 11.8 Å². The molecule has 3 heteroatoms. The van der Waals surface area contributed by atoms with Crippen molar-refractivity contribution in [3.8, 4) is 5.69 Å². The molecule has 2 fully saturated rings. The summed E-state index contributed by atoms with van der Waals surface area (Å²) in [6.07, 6.45) is 6.03. The number of hydrogen-bond donors (Lipinski definition) is 0. The van der Waals surface area contributed by atoms with Crippen LogP contribution in [0.15, 0.2) is 36.7 Å². The zero-order valence-corrected chi connectivity index (χ0v) is 9.66. The zero-order chi connectivity index (χ0) is 11.2. The third kappa shape index (κ3) is 1.35. The van der Waals surface area contributed by atoms with Crippen molar-refractivity contribution in [1.29, 1.82) is 0 Å². The lowest BCUT2D eigenvalue weighted by molar-refractivity contribution is 0.649. The van der Waals surface area contributed by atoms with Gasteiger partial charge in [-0.3, -0.25) is 4.57 Å². The highest BCUT2D eigenvalue weighted by atomic mass is 15.3. The second-order valence-electron chi connectivity index (χ2n) is 5.18. The van der Waals surface area contributed by atoms with Gasteiger partial charge in [0.1, 0.15) is 12.2 Å². The molecule has 1 aromatic carbocycles. The second kappa shape index (κ2) is 3.42. The normalized spacial score (nSPS) is 30.2. The van der Waals surface area contributed by atoms with Crippen LogP contribution in [0.4, 0.5) is 0 Å². The monoisotopic (exact) mass is 225 g/mol. The fourth-order valence-electron chi connectivity index (χ4n) is 3.46. The first kappa shape index (κ1) is 9.40. The van der Waals surface area contributed by atoms with E-state index < -0.39 is 0 Å². The minimum Gasteiger partial charge on any atom is -0.285 e. The number of rotatable bonds is 2. The molecule has 2 unspecified atom stereocenters. The number of fused-ring (bicyclic) bond motifs is 1. The minimum atomic E-state index is 0.673. The van der Waals surface area contributed by atoms with Crippen LogP contribution in [-0.4, -0.2) is 14.8 Å². The average molecular weight is 225 g/mol. The quantitative estimate of drug-likeness (QED) is 0.786. The Morgan fingerprint density at radius 3 is 2.59 bits per heavy atom. The molecule has 2 aliphatic rings. The van der Waals surface area contributed by atoms with Gasteiger partial charge in [0.2, 0.25) is 0 Å². The molecule has 0 amide bonds. The van der Waals surface area contributed by atoms with Gasteiger partial charge in [0.15, 0.2) is 0 Å². The molecule has 2 aliphatic carbocycles. The molecule has 0 bridgehead atoms. The Balaban J connectivity index is 1.72. The Bertz CT molecular complexity index is 521. The highest BCUT2D eigenvalue weighted by Crippen LogP contribution is 2.62. The Morgan fingerprint density at radius 1 is 1.06 bits per heavy atom. The lowest BCUT2D eigenvalue weighted by Crippen LogP contribution is -2.01. The van der Waals surface area contributed by atoms with Crippen LogP contribution in [0, 0.1) is 11.8 Å². The largest absolute Gasteiger partial charge is 0.285 e. The molecule has 2 aromatic rings. The van der Waals surface area contributed by atoms with Crippen LogP contribution in [0.2, 0.25) is 0 Å². The molecule has 0 radical (unpaired) electrons. The minimum absolute atomic E-state index is 0.673. The number of aromatic nitrogens is 3. The molecule has 4 rings (SSSR count). The van der Waals surface area contributed by atoms with Crippen LogP contribution in [0.1, 0.15) is 31.0 Å². The highest BCUT2D eigenvalue weighted by Gasteiger charge is 2.55. The number of hydrogen-bond acceptors (Lipinski definition) is 2. The molecule has 17 heavy (non-hydrogen) atoms. The molecule has 1 heterocycles. The lowest BCUT2D eigenvalue weighted by atomic mass is 10.1. The second-order valence-corrected chi connectivity index (χ2v) is 5.18. The Morgan fingerprint density at radius 2 is 1.82 bits per heavy atom. The molecule has 0 saturated heterocycles. The van der Waals surface area contributed by atoms with Crippen molar-refractivity contribution < 1.29 is 0 Å². The van der Waals surface area contributed by atoms with E-state index in [1.165, 1.54) is 30.8 Å². The molecule has 86 valence electrons. The van der Waals surface area contributed by atoms with Gasteiger partial charge < -0.3 is 0 Å². The maximum atomic E-state index is 4.35. The summed E-state index contributed by atoms with van der Waals surface area (Å²) in [6, 6.07) is 10.4. The summed E-state index contributed by atoms with van der Waals surface area (Å²) in [5.41, 5.74) is 1.18. The lowest BCUT2D eigenvalue weighted by Gasteiger charge is -2.07. The predicted octanol–water partition coefficient (Wildman–Crippen LogP) is 2.78. The molecular weight excluding hydrogens is 210 g/mol. The smallest absolute Gasteiger partial charge is 0.141 e. The van der Waals surface area contributed by atoms with E-state index in [0.29, 0.717) is 5.92 Å². The van der Waals surface area contributed by atoms with Gasteiger partial charge in [-0.2, -0.15) is 0 Å². The van der Waals surface area contributed by atoms with Crippen molar-refractivity contribution in [2.75, 3.05) is 0 Å². The van der Waals surface area contributed by atoms with Crippen molar-refractivity contribution in [3.05, 3.63) is 42.5 Å². The molecular formula is C14H15N3. The van der Waals surface area contributed by atoms with E-state index in [2.05, 4.69) is 39.0 Å². The van der Waals surface area contributed by atoms with Crippen molar-refractivity contribution in [1.82, 2.24) is 14.8 Å². The number of nitrogens with zero attached hydrogens (tertiary/aromatic N) is 3. The van der Waals surface area contributed by atoms with Crippen molar-refractivity contribution >= 4 is 0 Å². The van der Waals surface area contributed by atoms with E-state index in [1.807, 2.05) is 12.4 Å². The first-order valence-electron chi connectivity index (χ1n) is 6.40. The first-order chi connectivity index (χ1) is 8.45. The van der Waals surface area contributed by atoms with E-state index in [-0.39, 0.29) is 0 Å². The number of benzene rings is 1. The van der Waals surface area contributed by atoms with Crippen LogP contribution in [0.25, 0.3) is 5.69 Å². The molecule has 0 N–H and O–H groups in total. The van der Waals surface area contributed by atoms with Gasteiger partial charge >= 0.3 is 0 Å². The van der Waals surface area contributed by atoms with E-state index in [9.17, 15) is 0 Å². The fraction of sp³-hybridized carbons (Fsp3) is 0.429.